The summed E-state index contributed by atoms with van der Waals surface area (Å²) in [6, 6.07) is 7.27. The Kier molecular flexibility index (Phi) is 5.08. The Morgan fingerprint density at radius 1 is 1.28 bits per heavy atom. The molecule has 0 atom stereocenters. The van der Waals surface area contributed by atoms with E-state index in [1.807, 2.05) is 18.2 Å². The van der Waals surface area contributed by atoms with Gasteiger partial charge in [-0.2, -0.15) is 0 Å². The monoisotopic (exact) mass is 362 g/mol. The molecule has 1 heterocycles. The van der Waals surface area contributed by atoms with Crippen molar-refractivity contribution in [2.24, 2.45) is 0 Å². The van der Waals surface area contributed by atoms with Crippen molar-refractivity contribution in [2.45, 2.75) is 44.1 Å². The van der Waals surface area contributed by atoms with Gasteiger partial charge in [-0.1, -0.05) is 36.6 Å². The van der Waals surface area contributed by atoms with Crippen LogP contribution in [0, 0.1) is 0 Å². The fourth-order valence-electron chi connectivity index (χ4n) is 3.13. The highest BCUT2D eigenvalue weighted by molar-refractivity contribution is 6.33. The highest BCUT2D eigenvalue weighted by Crippen LogP contribution is 2.30. The second kappa shape index (κ2) is 7.27. The number of nitrogens with zero attached hydrogens (tertiary/aromatic N) is 1. The topological polar surface area (TPSA) is 92.4 Å². The molecule has 1 aliphatic carbocycles. The van der Waals surface area contributed by atoms with Crippen LogP contribution in [0.25, 0.3) is 11.3 Å². The number of carbonyl (C=O) groups is 2. The van der Waals surface area contributed by atoms with Crippen LogP contribution >= 0.6 is 11.6 Å². The minimum Gasteiger partial charge on any atom is -0.480 e. The number of carboxylic acid groups (broad SMARTS) is 1. The van der Waals surface area contributed by atoms with E-state index in [4.69, 9.17) is 16.0 Å². The smallest absolute Gasteiger partial charge is 0.329 e. The van der Waals surface area contributed by atoms with Gasteiger partial charge in [-0.25, -0.2) is 9.78 Å². The standard InChI is InChI=1S/C18H19ClN2O4/c19-13-6-2-1-5-12(13)14-11-20-16(25-14)8-7-15(22)21-18(17(23)24)9-3-4-10-18/h1-2,5-6,11H,3-4,7-10H2,(H,21,22)(H,23,24). The van der Waals surface area contributed by atoms with Crippen LogP contribution in [0.4, 0.5) is 0 Å². The lowest BCUT2D eigenvalue weighted by atomic mass is 9.97. The van der Waals surface area contributed by atoms with E-state index in [0.717, 1.165) is 18.4 Å². The van der Waals surface area contributed by atoms with Crippen LogP contribution in [0.15, 0.2) is 34.9 Å². The summed E-state index contributed by atoms with van der Waals surface area (Å²) in [4.78, 5) is 27.8. The Labute approximate surface area is 150 Å². The first-order valence-corrected chi connectivity index (χ1v) is 8.62. The van der Waals surface area contributed by atoms with E-state index >= 15 is 0 Å². The molecule has 3 rings (SSSR count). The molecule has 132 valence electrons. The molecule has 0 spiro atoms. The van der Waals surface area contributed by atoms with Crippen LogP contribution < -0.4 is 5.32 Å². The number of oxazole rings is 1. The Morgan fingerprint density at radius 3 is 2.68 bits per heavy atom. The summed E-state index contributed by atoms with van der Waals surface area (Å²) in [5.74, 6) is -0.308. The zero-order valence-corrected chi connectivity index (χ0v) is 14.4. The third-order valence-corrected chi connectivity index (χ3v) is 4.83. The second-order valence-electron chi connectivity index (χ2n) is 6.24. The maximum Gasteiger partial charge on any atom is 0.329 e. The van der Waals surface area contributed by atoms with Crippen molar-refractivity contribution in [3.8, 4) is 11.3 Å². The third kappa shape index (κ3) is 3.85. The van der Waals surface area contributed by atoms with Gasteiger partial charge in [0.2, 0.25) is 5.91 Å². The Hall–Kier alpha value is -2.34. The van der Waals surface area contributed by atoms with Crippen molar-refractivity contribution in [3.63, 3.8) is 0 Å². The minimum atomic E-state index is -1.11. The molecule has 0 aliphatic heterocycles. The fourth-order valence-corrected chi connectivity index (χ4v) is 3.36. The second-order valence-corrected chi connectivity index (χ2v) is 6.65. The molecule has 0 radical (unpaired) electrons. The first-order chi connectivity index (χ1) is 12.0. The zero-order valence-electron chi connectivity index (χ0n) is 13.6. The van der Waals surface area contributed by atoms with Gasteiger partial charge in [0.25, 0.3) is 0 Å². The maximum absolute atomic E-state index is 12.1. The van der Waals surface area contributed by atoms with Gasteiger partial charge in [0, 0.05) is 18.4 Å². The molecule has 25 heavy (non-hydrogen) atoms. The van der Waals surface area contributed by atoms with Gasteiger partial charge in [0.15, 0.2) is 11.7 Å². The van der Waals surface area contributed by atoms with Gasteiger partial charge in [0.1, 0.15) is 5.54 Å². The van der Waals surface area contributed by atoms with E-state index in [1.165, 1.54) is 0 Å². The first kappa shape index (κ1) is 17.5. The number of aromatic nitrogens is 1. The highest BCUT2D eigenvalue weighted by Gasteiger charge is 2.42. The van der Waals surface area contributed by atoms with Crippen LogP contribution in [-0.2, 0) is 16.0 Å². The number of rotatable bonds is 6. The van der Waals surface area contributed by atoms with Crippen molar-refractivity contribution in [1.82, 2.24) is 10.3 Å². The number of halogens is 1. The van der Waals surface area contributed by atoms with Crippen LogP contribution in [0.5, 0.6) is 0 Å². The van der Waals surface area contributed by atoms with Crippen molar-refractivity contribution in [2.75, 3.05) is 0 Å². The number of carboxylic acids is 1. The number of nitrogens with one attached hydrogen (secondary N) is 1. The van der Waals surface area contributed by atoms with E-state index in [9.17, 15) is 14.7 Å². The van der Waals surface area contributed by atoms with E-state index < -0.39 is 11.5 Å². The van der Waals surface area contributed by atoms with Gasteiger partial charge < -0.3 is 14.8 Å². The summed E-state index contributed by atoms with van der Waals surface area (Å²) in [7, 11) is 0. The average Bonchev–Trinajstić information content (AvgIpc) is 3.23. The van der Waals surface area contributed by atoms with Gasteiger partial charge in [-0.3, -0.25) is 4.79 Å². The first-order valence-electron chi connectivity index (χ1n) is 8.24. The largest absolute Gasteiger partial charge is 0.480 e. The number of hydrogen-bond acceptors (Lipinski definition) is 4. The summed E-state index contributed by atoms with van der Waals surface area (Å²) in [5.41, 5.74) is -0.376. The number of aliphatic carboxylic acids is 1. The molecule has 1 saturated carbocycles. The predicted octanol–water partition coefficient (Wildman–Crippen LogP) is 3.44. The molecule has 0 saturated heterocycles. The lowest BCUT2D eigenvalue weighted by Gasteiger charge is -2.25. The van der Waals surface area contributed by atoms with E-state index in [1.54, 1.807) is 12.3 Å². The van der Waals surface area contributed by atoms with E-state index in [2.05, 4.69) is 10.3 Å². The number of carbonyl (C=O) groups excluding carboxylic acids is 1. The normalized spacial score (nSPS) is 15.9. The number of aryl methyl sites for hydroxylation is 1. The quantitative estimate of drug-likeness (QED) is 0.821. The molecule has 1 amide bonds. The minimum absolute atomic E-state index is 0.123. The molecule has 0 unspecified atom stereocenters. The predicted molar refractivity (Wildman–Crippen MR) is 92.2 cm³/mol. The van der Waals surface area contributed by atoms with Crippen LogP contribution in [0.1, 0.15) is 38.0 Å². The molecule has 2 N–H and O–H groups in total. The summed E-state index contributed by atoms with van der Waals surface area (Å²) < 4.78 is 5.65. The maximum atomic E-state index is 12.1. The van der Waals surface area contributed by atoms with Gasteiger partial charge >= 0.3 is 5.97 Å². The molecule has 1 aliphatic rings. The summed E-state index contributed by atoms with van der Waals surface area (Å²) >= 11 is 6.13. The lowest BCUT2D eigenvalue weighted by molar-refractivity contribution is -0.147. The Balaban J connectivity index is 1.60. The van der Waals surface area contributed by atoms with Gasteiger partial charge in [-0.05, 0) is 25.0 Å². The highest BCUT2D eigenvalue weighted by atomic mass is 35.5. The van der Waals surface area contributed by atoms with Crippen molar-refractivity contribution in [1.29, 1.82) is 0 Å². The van der Waals surface area contributed by atoms with Crippen LogP contribution in [0.2, 0.25) is 5.02 Å². The molecular formula is C18H19ClN2O4. The number of amides is 1. The molecular weight excluding hydrogens is 344 g/mol. The third-order valence-electron chi connectivity index (χ3n) is 4.50. The molecule has 2 aromatic rings. The molecule has 1 aromatic heterocycles. The number of hydrogen-bond donors (Lipinski definition) is 2. The summed E-state index contributed by atoms with van der Waals surface area (Å²) in [5, 5.41) is 12.6. The molecule has 7 heteroatoms. The zero-order chi connectivity index (χ0) is 17.9. The van der Waals surface area contributed by atoms with Crippen molar-refractivity contribution < 1.29 is 19.1 Å². The van der Waals surface area contributed by atoms with Gasteiger partial charge in [0.05, 0.1) is 11.2 Å². The van der Waals surface area contributed by atoms with Crippen molar-refractivity contribution in [3.05, 3.63) is 41.4 Å². The van der Waals surface area contributed by atoms with Crippen LogP contribution in [0.3, 0.4) is 0 Å². The Bertz CT molecular complexity index is 781. The molecule has 1 aromatic carbocycles. The van der Waals surface area contributed by atoms with E-state index in [0.29, 0.717) is 35.9 Å². The number of benzene rings is 1. The van der Waals surface area contributed by atoms with Crippen LogP contribution in [-0.4, -0.2) is 27.5 Å². The SMILES string of the molecule is O=C(CCc1ncc(-c2ccccc2Cl)o1)NC1(C(=O)O)CCCC1. The van der Waals surface area contributed by atoms with E-state index in [-0.39, 0.29) is 12.3 Å². The fraction of sp³-hybridized carbons (Fsp3) is 0.389. The average molecular weight is 363 g/mol. The molecule has 0 bridgehead atoms. The molecule has 1 fully saturated rings. The lowest BCUT2D eigenvalue weighted by Crippen LogP contribution is -2.52. The summed E-state index contributed by atoms with van der Waals surface area (Å²) in [6.45, 7) is 0. The van der Waals surface area contributed by atoms with Gasteiger partial charge in [-0.15, -0.1) is 0 Å². The Morgan fingerprint density at radius 2 is 2.00 bits per heavy atom. The summed E-state index contributed by atoms with van der Waals surface area (Å²) in [6.07, 6.45) is 4.57. The van der Waals surface area contributed by atoms with Crippen molar-refractivity contribution >= 4 is 23.5 Å². The molecule has 6 nitrogen and oxygen atoms in total.